The molecular formula is C19H28FIN4S. The van der Waals surface area contributed by atoms with Crippen molar-refractivity contribution < 1.29 is 4.39 Å². The summed E-state index contributed by atoms with van der Waals surface area (Å²) in [7, 11) is 3.87. The molecule has 0 saturated carbocycles. The molecule has 0 saturated heterocycles. The van der Waals surface area contributed by atoms with E-state index in [9.17, 15) is 4.39 Å². The minimum absolute atomic E-state index is 0. The van der Waals surface area contributed by atoms with E-state index in [1.165, 1.54) is 16.5 Å². The number of aliphatic imine (C=N–C) groups is 1. The fourth-order valence-corrected chi connectivity index (χ4v) is 3.30. The van der Waals surface area contributed by atoms with Gasteiger partial charge >= 0.3 is 0 Å². The highest BCUT2D eigenvalue weighted by Gasteiger charge is 2.06. The van der Waals surface area contributed by atoms with E-state index in [2.05, 4.69) is 34.0 Å². The van der Waals surface area contributed by atoms with Gasteiger partial charge in [-0.2, -0.15) is 0 Å². The van der Waals surface area contributed by atoms with Crippen LogP contribution < -0.4 is 10.6 Å². The minimum atomic E-state index is -0.167. The van der Waals surface area contributed by atoms with Gasteiger partial charge in [0.1, 0.15) is 5.82 Å². The largest absolute Gasteiger partial charge is 0.357 e. The monoisotopic (exact) mass is 490 g/mol. The van der Waals surface area contributed by atoms with Crippen molar-refractivity contribution in [3.8, 4) is 0 Å². The average Bonchev–Trinajstić information content (AvgIpc) is 2.97. The summed E-state index contributed by atoms with van der Waals surface area (Å²) in [5, 5.41) is 8.71. The lowest BCUT2D eigenvalue weighted by atomic mass is 10.1. The van der Waals surface area contributed by atoms with E-state index >= 15 is 0 Å². The Labute approximate surface area is 176 Å². The van der Waals surface area contributed by atoms with Crippen molar-refractivity contribution in [2.45, 2.75) is 33.5 Å². The second-order valence-electron chi connectivity index (χ2n) is 6.24. The third kappa shape index (κ3) is 7.20. The summed E-state index contributed by atoms with van der Waals surface area (Å²) in [4.78, 5) is 7.89. The zero-order chi connectivity index (χ0) is 18.2. The van der Waals surface area contributed by atoms with Gasteiger partial charge in [-0.25, -0.2) is 9.38 Å². The van der Waals surface area contributed by atoms with Crippen molar-refractivity contribution in [2.24, 2.45) is 4.99 Å². The van der Waals surface area contributed by atoms with E-state index in [1.54, 1.807) is 17.4 Å². The Balaban J connectivity index is 0.00000338. The lowest BCUT2D eigenvalue weighted by molar-refractivity contribution is 0.392. The molecule has 0 spiro atoms. The summed E-state index contributed by atoms with van der Waals surface area (Å²) in [5.74, 6) is 0.605. The fourth-order valence-electron chi connectivity index (χ4n) is 2.45. The van der Waals surface area contributed by atoms with Crippen molar-refractivity contribution >= 4 is 41.3 Å². The lowest BCUT2D eigenvalue weighted by Crippen LogP contribution is -2.36. The predicted octanol–water partition coefficient (Wildman–Crippen LogP) is 4.13. The molecule has 1 aromatic heterocycles. The molecule has 2 rings (SSSR count). The first-order valence-corrected chi connectivity index (χ1v) is 9.34. The lowest BCUT2D eigenvalue weighted by Gasteiger charge is -2.13. The Morgan fingerprint density at radius 2 is 2.00 bits per heavy atom. The number of rotatable bonds is 7. The first-order chi connectivity index (χ1) is 12.0. The SMILES string of the molecule is CCNC(=NCc1ccc(F)c(CN(C)C)c1)NCc1sccc1C.I. The number of halogens is 2. The third-order valence-corrected chi connectivity index (χ3v) is 4.77. The molecule has 0 aliphatic heterocycles. The molecule has 0 radical (unpaired) electrons. The van der Waals surface area contributed by atoms with Crippen LogP contribution in [0.25, 0.3) is 0 Å². The van der Waals surface area contributed by atoms with Crippen LogP contribution in [0.2, 0.25) is 0 Å². The summed E-state index contributed by atoms with van der Waals surface area (Å²) in [6.45, 7) is 6.80. The molecule has 1 heterocycles. The third-order valence-electron chi connectivity index (χ3n) is 3.75. The number of thiophene rings is 1. The van der Waals surface area contributed by atoms with E-state index in [0.717, 1.165) is 24.6 Å². The van der Waals surface area contributed by atoms with Gasteiger partial charge in [0.15, 0.2) is 5.96 Å². The van der Waals surface area contributed by atoms with Crippen LogP contribution in [0.15, 0.2) is 34.6 Å². The highest BCUT2D eigenvalue weighted by atomic mass is 127. The van der Waals surface area contributed by atoms with Crippen LogP contribution in [-0.2, 0) is 19.6 Å². The minimum Gasteiger partial charge on any atom is -0.357 e. The van der Waals surface area contributed by atoms with Crippen LogP contribution in [0.4, 0.5) is 4.39 Å². The Bertz CT molecular complexity index is 715. The molecule has 0 bridgehead atoms. The van der Waals surface area contributed by atoms with Crippen LogP contribution in [0.1, 0.15) is 28.5 Å². The topological polar surface area (TPSA) is 39.7 Å². The first kappa shape index (κ1) is 22.9. The van der Waals surface area contributed by atoms with Crippen LogP contribution in [-0.4, -0.2) is 31.5 Å². The van der Waals surface area contributed by atoms with Crippen LogP contribution >= 0.6 is 35.3 Å². The van der Waals surface area contributed by atoms with Gasteiger partial charge in [-0.1, -0.05) is 6.07 Å². The summed E-state index contributed by atoms with van der Waals surface area (Å²) >= 11 is 1.74. The van der Waals surface area contributed by atoms with Gasteiger partial charge in [-0.05, 0) is 62.6 Å². The van der Waals surface area contributed by atoms with E-state index in [-0.39, 0.29) is 29.8 Å². The highest BCUT2D eigenvalue weighted by Crippen LogP contribution is 2.15. The fraction of sp³-hybridized carbons (Fsp3) is 0.421. The molecule has 2 N–H and O–H groups in total. The molecular weight excluding hydrogens is 462 g/mol. The van der Waals surface area contributed by atoms with Gasteiger partial charge < -0.3 is 15.5 Å². The molecule has 0 aliphatic rings. The molecule has 1 aromatic carbocycles. The zero-order valence-electron chi connectivity index (χ0n) is 15.8. The van der Waals surface area contributed by atoms with Crippen molar-refractivity contribution in [1.82, 2.24) is 15.5 Å². The van der Waals surface area contributed by atoms with Crippen LogP contribution in [0.5, 0.6) is 0 Å². The van der Waals surface area contributed by atoms with Gasteiger partial charge in [0, 0.05) is 23.5 Å². The summed E-state index contributed by atoms with van der Waals surface area (Å²) < 4.78 is 13.9. The molecule has 0 amide bonds. The molecule has 144 valence electrons. The second-order valence-corrected chi connectivity index (χ2v) is 7.24. The Hall–Kier alpha value is -1.19. The van der Waals surface area contributed by atoms with Gasteiger partial charge in [-0.3, -0.25) is 0 Å². The summed E-state index contributed by atoms with van der Waals surface area (Å²) in [6.07, 6.45) is 0. The van der Waals surface area contributed by atoms with E-state index in [0.29, 0.717) is 18.7 Å². The molecule has 7 heteroatoms. The number of nitrogens with zero attached hydrogens (tertiary/aromatic N) is 2. The Kier molecular flexibility index (Phi) is 10.1. The number of hydrogen-bond donors (Lipinski definition) is 2. The number of hydrogen-bond acceptors (Lipinski definition) is 3. The predicted molar refractivity (Wildman–Crippen MR) is 120 cm³/mol. The smallest absolute Gasteiger partial charge is 0.191 e. The zero-order valence-corrected chi connectivity index (χ0v) is 19.0. The summed E-state index contributed by atoms with van der Waals surface area (Å²) in [6, 6.07) is 7.34. The van der Waals surface area contributed by atoms with Crippen molar-refractivity contribution in [3.05, 3.63) is 57.0 Å². The number of aryl methyl sites for hydroxylation is 1. The Morgan fingerprint density at radius 3 is 2.62 bits per heavy atom. The molecule has 0 fully saturated rings. The average molecular weight is 490 g/mol. The van der Waals surface area contributed by atoms with Crippen molar-refractivity contribution in [2.75, 3.05) is 20.6 Å². The standard InChI is InChI=1S/C19H27FN4S.HI/c1-5-21-19(23-12-18-14(2)8-9-25-18)22-11-15-6-7-17(20)16(10-15)13-24(3)4;/h6-10H,5,11-13H2,1-4H3,(H2,21,22,23);1H. The van der Waals surface area contributed by atoms with Gasteiger partial charge in [0.05, 0.1) is 13.1 Å². The summed E-state index contributed by atoms with van der Waals surface area (Å²) in [5.41, 5.74) is 2.99. The maximum absolute atomic E-state index is 13.9. The maximum Gasteiger partial charge on any atom is 0.191 e. The number of benzene rings is 1. The maximum atomic E-state index is 13.9. The molecule has 0 aliphatic carbocycles. The van der Waals surface area contributed by atoms with Gasteiger partial charge in [-0.15, -0.1) is 35.3 Å². The number of guanidine groups is 1. The van der Waals surface area contributed by atoms with Crippen LogP contribution in [0, 0.1) is 12.7 Å². The van der Waals surface area contributed by atoms with Crippen LogP contribution in [0.3, 0.4) is 0 Å². The van der Waals surface area contributed by atoms with E-state index in [1.807, 2.05) is 32.0 Å². The van der Waals surface area contributed by atoms with E-state index < -0.39 is 0 Å². The van der Waals surface area contributed by atoms with Gasteiger partial charge in [0.25, 0.3) is 0 Å². The van der Waals surface area contributed by atoms with Crippen molar-refractivity contribution in [1.29, 1.82) is 0 Å². The first-order valence-electron chi connectivity index (χ1n) is 8.46. The van der Waals surface area contributed by atoms with E-state index in [4.69, 9.17) is 0 Å². The molecule has 2 aromatic rings. The quantitative estimate of drug-likeness (QED) is 0.349. The Morgan fingerprint density at radius 1 is 1.23 bits per heavy atom. The second kappa shape index (κ2) is 11.5. The molecule has 4 nitrogen and oxygen atoms in total. The normalized spacial score (nSPS) is 11.4. The highest BCUT2D eigenvalue weighted by molar-refractivity contribution is 14.0. The molecule has 0 unspecified atom stereocenters. The van der Waals surface area contributed by atoms with Gasteiger partial charge in [0.2, 0.25) is 0 Å². The number of nitrogens with one attached hydrogen (secondary N) is 2. The molecule has 26 heavy (non-hydrogen) atoms. The molecule has 0 atom stereocenters. The van der Waals surface area contributed by atoms with Crippen molar-refractivity contribution in [3.63, 3.8) is 0 Å².